The Morgan fingerprint density at radius 3 is 2.06 bits per heavy atom. The quantitative estimate of drug-likeness (QED) is 0.453. The van der Waals surface area contributed by atoms with Crippen molar-refractivity contribution in [2.75, 3.05) is 35.0 Å². The lowest BCUT2D eigenvalue weighted by Crippen LogP contribution is -2.34. The fourth-order valence-corrected chi connectivity index (χ4v) is 4.02. The lowest BCUT2D eigenvalue weighted by atomic mass is 9.73. The van der Waals surface area contributed by atoms with E-state index in [0.717, 1.165) is 16.7 Å². The Kier molecular flexibility index (Phi) is 7.41. The number of esters is 1. The lowest BCUT2D eigenvalue weighted by molar-refractivity contribution is -0.151. The number of rotatable bonds is 8. The van der Waals surface area contributed by atoms with E-state index in [-0.39, 0.29) is 12.4 Å². The first-order valence-electron chi connectivity index (χ1n) is 10.3. The molecule has 0 fully saturated rings. The van der Waals surface area contributed by atoms with Crippen LogP contribution in [-0.4, -0.2) is 46.8 Å². The molecule has 0 unspecified atom stereocenters. The minimum Gasteiger partial charge on any atom is -0.493 e. The zero-order valence-electron chi connectivity index (χ0n) is 19.0. The summed E-state index contributed by atoms with van der Waals surface area (Å²) in [5.41, 5.74) is 2.42. The third-order valence-electron chi connectivity index (χ3n) is 5.60. The summed E-state index contributed by atoms with van der Waals surface area (Å²) in [5.74, 6) is 0.0860. The number of carbonyl (C=O) groups is 2. The van der Waals surface area contributed by atoms with E-state index in [9.17, 15) is 9.59 Å². The van der Waals surface area contributed by atoms with E-state index in [2.05, 4.69) is 0 Å². The van der Waals surface area contributed by atoms with Crippen molar-refractivity contribution in [3.63, 3.8) is 0 Å². The first-order valence-corrected chi connectivity index (χ1v) is 10.3. The number of ketones is 1. The number of carbonyl (C=O) groups excluding carboxylic acids is 2. The molecule has 1 aliphatic carbocycles. The highest BCUT2D eigenvalue weighted by molar-refractivity contribution is 6.10. The van der Waals surface area contributed by atoms with Gasteiger partial charge in [-0.05, 0) is 60.4 Å². The third-order valence-corrected chi connectivity index (χ3v) is 5.60. The van der Waals surface area contributed by atoms with Gasteiger partial charge in [0.2, 0.25) is 0 Å². The fourth-order valence-electron chi connectivity index (χ4n) is 4.02. The molecule has 32 heavy (non-hydrogen) atoms. The second-order valence-corrected chi connectivity index (χ2v) is 7.30. The van der Waals surface area contributed by atoms with Gasteiger partial charge in [0.1, 0.15) is 5.92 Å². The molecule has 0 aliphatic heterocycles. The van der Waals surface area contributed by atoms with E-state index in [0.29, 0.717) is 29.4 Å². The molecule has 2 aromatic carbocycles. The normalized spacial score (nSPS) is 17.9. The molecule has 0 spiro atoms. The summed E-state index contributed by atoms with van der Waals surface area (Å²) >= 11 is 0. The van der Waals surface area contributed by atoms with E-state index < -0.39 is 17.8 Å². The topological polar surface area (TPSA) is 80.3 Å². The van der Waals surface area contributed by atoms with E-state index in [1.165, 1.54) is 6.08 Å². The van der Waals surface area contributed by atoms with Crippen LogP contribution in [0.2, 0.25) is 0 Å². The summed E-state index contributed by atoms with van der Waals surface area (Å²) in [5, 5.41) is 0. The van der Waals surface area contributed by atoms with Gasteiger partial charge in [0.25, 0.3) is 0 Å². The Morgan fingerprint density at radius 1 is 0.875 bits per heavy atom. The van der Waals surface area contributed by atoms with Crippen LogP contribution in [0.15, 0.2) is 42.5 Å². The van der Waals surface area contributed by atoms with Crippen LogP contribution in [0.25, 0.3) is 5.57 Å². The first kappa shape index (κ1) is 23.2. The number of hydrogen-bond donors (Lipinski definition) is 0. The molecular formula is C25H28O7. The average Bonchev–Trinajstić information content (AvgIpc) is 2.82. The number of allylic oxidation sites excluding steroid dienone is 2. The van der Waals surface area contributed by atoms with Crippen LogP contribution >= 0.6 is 0 Å². The number of hydrogen-bond acceptors (Lipinski definition) is 7. The van der Waals surface area contributed by atoms with Crippen LogP contribution in [0.4, 0.5) is 0 Å². The van der Waals surface area contributed by atoms with Gasteiger partial charge >= 0.3 is 5.97 Å². The summed E-state index contributed by atoms with van der Waals surface area (Å²) in [4.78, 5) is 25.9. The minimum atomic E-state index is -0.933. The molecule has 0 radical (unpaired) electrons. The van der Waals surface area contributed by atoms with Gasteiger partial charge in [-0.25, -0.2) is 0 Å². The first-order chi connectivity index (χ1) is 15.5. The van der Waals surface area contributed by atoms with Gasteiger partial charge in [-0.15, -0.1) is 0 Å². The van der Waals surface area contributed by atoms with Gasteiger partial charge in [-0.2, -0.15) is 0 Å². The van der Waals surface area contributed by atoms with Gasteiger partial charge in [-0.1, -0.05) is 12.1 Å². The number of ether oxygens (including phenoxy) is 5. The summed E-state index contributed by atoms with van der Waals surface area (Å²) in [6, 6.07) is 10.9. The van der Waals surface area contributed by atoms with Crippen molar-refractivity contribution in [2.45, 2.75) is 19.3 Å². The van der Waals surface area contributed by atoms with Crippen LogP contribution in [-0.2, 0) is 14.3 Å². The summed E-state index contributed by atoms with van der Waals surface area (Å²) in [6.45, 7) is 1.93. The van der Waals surface area contributed by atoms with Crippen LogP contribution in [0.5, 0.6) is 23.0 Å². The predicted octanol–water partition coefficient (Wildman–Crippen LogP) is 4.04. The molecule has 7 nitrogen and oxygen atoms in total. The molecule has 0 amide bonds. The van der Waals surface area contributed by atoms with Crippen LogP contribution in [0.3, 0.4) is 0 Å². The van der Waals surface area contributed by atoms with Crippen molar-refractivity contribution in [3.05, 3.63) is 53.6 Å². The van der Waals surface area contributed by atoms with Crippen molar-refractivity contribution in [1.29, 1.82) is 0 Å². The van der Waals surface area contributed by atoms with E-state index >= 15 is 0 Å². The van der Waals surface area contributed by atoms with E-state index in [1.807, 2.05) is 18.2 Å². The molecule has 1 aliphatic rings. The highest BCUT2D eigenvalue weighted by Crippen LogP contribution is 2.43. The minimum absolute atomic E-state index is 0.202. The Bertz CT molecular complexity index is 1020. The van der Waals surface area contributed by atoms with Crippen LogP contribution in [0.1, 0.15) is 30.4 Å². The van der Waals surface area contributed by atoms with Gasteiger partial charge in [-0.3, -0.25) is 9.59 Å². The molecule has 170 valence electrons. The fraction of sp³-hybridized carbons (Fsp3) is 0.360. The maximum absolute atomic E-state index is 13.1. The molecule has 3 rings (SSSR count). The standard InChI is InChI=1S/C25H28O7/c1-6-32-25(27)24-18(16-8-10-21(29-3)23(14-16)31-5)11-17(12-19(24)26)15-7-9-20(28-2)22(13-15)30-4/h7-10,12-14,18,24H,6,11H2,1-5H3/t18-,24+/m1/s1. The second kappa shape index (κ2) is 10.2. The molecule has 0 aromatic heterocycles. The largest absolute Gasteiger partial charge is 0.493 e. The maximum atomic E-state index is 13.1. The van der Waals surface area contributed by atoms with Crippen molar-refractivity contribution in [1.82, 2.24) is 0 Å². The Labute approximate surface area is 187 Å². The monoisotopic (exact) mass is 440 g/mol. The Hall–Kier alpha value is -3.48. The van der Waals surface area contributed by atoms with Crippen molar-refractivity contribution < 1.29 is 33.3 Å². The van der Waals surface area contributed by atoms with E-state index in [1.54, 1.807) is 53.6 Å². The average molecular weight is 440 g/mol. The van der Waals surface area contributed by atoms with Gasteiger partial charge < -0.3 is 23.7 Å². The molecular weight excluding hydrogens is 412 g/mol. The highest BCUT2D eigenvalue weighted by Gasteiger charge is 2.40. The van der Waals surface area contributed by atoms with Crippen molar-refractivity contribution in [2.24, 2.45) is 5.92 Å². The zero-order valence-corrected chi connectivity index (χ0v) is 19.0. The molecule has 0 heterocycles. The number of benzene rings is 2. The van der Waals surface area contributed by atoms with Crippen LogP contribution in [0, 0.1) is 5.92 Å². The van der Waals surface area contributed by atoms with E-state index in [4.69, 9.17) is 23.7 Å². The van der Waals surface area contributed by atoms with Crippen molar-refractivity contribution in [3.8, 4) is 23.0 Å². The lowest BCUT2D eigenvalue weighted by Gasteiger charge is -2.30. The zero-order chi connectivity index (χ0) is 23.3. The Morgan fingerprint density at radius 2 is 1.47 bits per heavy atom. The SMILES string of the molecule is CCOC(=O)[C@@H]1C(=O)C=C(c2ccc(OC)c(OC)c2)C[C@@H]1c1ccc(OC)c(OC)c1. The predicted molar refractivity (Wildman–Crippen MR) is 120 cm³/mol. The molecule has 7 heteroatoms. The molecule has 0 bridgehead atoms. The van der Waals surface area contributed by atoms with Gasteiger partial charge in [0.05, 0.1) is 35.0 Å². The maximum Gasteiger partial charge on any atom is 0.317 e. The second-order valence-electron chi connectivity index (χ2n) is 7.30. The summed E-state index contributed by atoms with van der Waals surface area (Å²) < 4.78 is 26.7. The smallest absolute Gasteiger partial charge is 0.317 e. The van der Waals surface area contributed by atoms with Crippen molar-refractivity contribution >= 4 is 17.3 Å². The molecule has 0 saturated heterocycles. The van der Waals surface area contributed by atoms with Gasteiger partial charge in [0.15, 0.2) is 28.8 Å². The Balaban J connectivity index is 2.07. The summed E-state index contributed by atoms with van der Waals surface area (Å²) in [6.07, 6.45) is 1.99. The summed E-state index contributed by atoms with van der Waals surface area (Å²) in [7, 11) is 6.23. The molecule has 0 N–H and O–H groups in total. The molecule has 0 saturated carbocycles. The van der Waals surface area contributed by atoms with Gasteiger partial charge in [0, 0.05) is 5.92 Å². The molecule has 2 atom stereocenters. The molecule has 2 aromatic rings. The third kappa shape index (κ3) is 4.56. The van der Waals surface area contributed by atoms with Crippen LogP contribution < -0.4 is 18.9 Å². The number of methoxy groups -OCH3 is 4. The highest BCUT2D eigenvalue weighted by atomic mass is 16.5.